The van der Waals surface area contributed by atoms with Gasteiger partial charge in [-0.25, -0.2) is 5.43 Å². The molecule has 2 aromatic carbocycles. The number of aryl methyl sites for hydroxylation is 1. The van der Waals surface area contributed by atoms with E-state index in [-0.39, 0.29) is 6.04 Å². The van der Waals surface area contributed by atoms with Crippen LogP contribution in [0.2, 0.25) is 10.0 Å². The van der Waals surface area contributed by atoms with Gasteiger partial charge in [0.1, 0.15) is 5.75 Å². The van der Waals surface area contributed by atoms with Gasteiger partial charge in [0.05, 0.1) is 13.2 Å². The molecule has 0 heterocycles. The normalized spacial score (nSPS) is 12.2. The minimum atomic E-state index is -0.248. The lowest BCUT2D eigenvalue weighted by Crippen LogP contribution is -2.29. The lowest BCUT2D eigenvalue weighted by molar-refractivity contribution is 0.404. The van der Waals surface area contributed by atoms with E-state index in [1.54, 1.807) is 13.2 Å². The van der Waals surface area contributed by atoms with E-state index in [1.807, 2.05) is 37.3 Å². The molecule has 0 fully saturated rings. The van der Waals surface area contributed by atoms with Gasteiger partial charge in [-0.15, -0.1) is 0 Å². The van der Waals surface area contributed by atoms with Crippen molar-refractivity contribution in [2.45, 2.75) is 13.0 Å². The number of hydrogen-bond donors (Lipinski definition) is 2. The minimum Gasteiger partial charge on any atom is -0.496 e. The summed E-state index contributed by atoms with van der Waals surface area (Å²) in [5.41, 5.74) is 5.61. The molecule has 5 heteroatoms. The zero-order valence-electron chi connectivity index (χ0n) is 11.3. The zero-order chi connectivity index (χ0) is 14.7. The van der Waals surface area contributed by atoms with E-state index in [9.17, 15) is 0 Å². The Morgan fingerprint density at radius 2 is 1.90 bits per heavy atom. The lowest BCUT2D eigenvalue weighted by Gasteiger charge is -2.20. The lowest BCUT2D eigenvalue weighted by atomic mass is 9.97. The number of methoxy groups -OCH3 is 1. The number of nitrogens with two attached hydrogens (primary N) is 1. The molecule has 3 N–H and O–H groups in total. The van der Waals surface area contributed by atoms with E-state index in [1.165, 1.54) is 0 Å². The van der Waals surface area contributed by atoms with Crippen LogP contribution in [0, 0.1) is 6.92 Å². The Hall–Kier alpha value is -1.26. The van der Waals surface area contributed by atoms with Crippen LogP contribution in [0.5, 0.6) is 5.75 Å². The molecule has 2 rings (SSSR count). The maximum atomic E-state index is 6.18. The van der Waals surface area contributed by atoms with Crippen LogP contribution in [-0.2, 0) is 0 Å². The van der Waals surface area contributed by atoms with Gasteiger partial charge in [-0.2, -0.15) is 0 Å². The van der Waals surface area contributed by atoms with E-state index in [0.29, 0.717) is 15.8 Å². The van der Waals surface area contributed by atoms with Crippen LogP contribution in [0.4, 0.5) is 0 Å². The van der Waals surface area contributed by atoms with E-state index < -0.39 is 0 Å². The second-order valence-electron chi connectivity index (χ2n) is 4.49. The zero-order valence-corrected chi connectivity index (χ0v) is 12.8. The summed E-state index contributed by atoms with van der Waals surface area (Å²) in [7, 11) is 1.61. The average molecular weight is 311 g/mol. The Morgan fingerprint density at radius 1 is 1.15 bits per heavy atom. The Bertz CT molecular complexity index is 617. The van der Waals surface area contributed by atoms with Crippen LogP contribution < -0.4 is 16.0 Å². The molecule has 0 saturated carbocycles. The molecule has 20 heavy (non-hydrogen) atoms. The molecule has 1 atom stereocenters. The minimum absolute atomic E-state index is 0.248. The Kier molecular flexibility index (Phi) is 4.89. The first-order valence-electron chi connectivity index (χ1n) is 6.12. The summed E-state index contributed by atoms with van der Waals surface area (Å²) in [6.45, 7) is 1.96. The van der Waals surface area contributed by atoms with Gasteiger partial charge in [0.15, 0.2) is 0 Å². The van der Waals surface area contributed by atoms with Gasteiger partial charge in [-0.1, -0.05) is 35.3 Å². The Morgan fingerprint density at radius 3 is 2.50 bits per heavy atom. The summed E-state index contributed by atoms with van der Waals surface area (Å²) in [4.78, 5) is 0. The predicted octanol–water partition coefficient (Wildman–Crippen LogP) is 3.86. The van der Waals surface area contributed by atoms with E-state index in [4.69, 9.17) is 33.8 Å². The van der Waals surface area contributed by atoms with Crippen LogP contribution in [0.1, 0.15) is 22.7 Å². The summed E-state index contributed by atoms with van der Waals surface area (Å²) >= 11 is 12.2. The number of nitrogens with one attached hydrogen (secondary N) is 1. The van der Waals surface area contributed by atoms with Crippen molar-refractivity contribution in [1.82, 2.24) is 5.43 Å². The largest absolute Gasteiger partial charge is 0.496 e. The van der Waals surface area contributed by atoms with Crippen molar-refractivity contribution in [1.29, 1.82) is 0 Å². The molecule has 0 aliphatic rings. The van der Waals surface area contributed by atoms with Crippen LogP contribution >= 0.6 is 23.2 Å². The van der Waals surface area contributed by atoms with Crippen molar-refractivity contribution in [2.24, 2.45) is 5.84 Å². The topological polar surface area (TPSA) is 47.3 Å². The highest BCUT2D eigenvalue weighted by Gasteiger charge is 2.18. The van der Waals surface area contributed by atoms with Crippen LogP contribution in [0.3, 0.4) is 0 Å². The third-order valence-electron chi connectivity index (χ3n) is 3.20. The van der Waals surface area contributed by atoms with Gasteiger partial charge in [0.25, 0.3) is 0 Å². The molecule has 0 spiro atoms. The maximum absolute atomic E-state index is 6.18. The fourth-order valence-corrected chi connectivity index (χ4v) is 2.45. The van der Waals surface area contributed by atoms with E-state index in [0.717, 1.165) is 16.7 Å². The SMILES string of the molecule is COc1ccc(Cl)cc1C(NN)c1ccc(C)c(Cl)c1. The highest BCUT2D eigenvalue weighted by molar-refractivity contribution is 6.31. The first-order chi connectivity index (χ1) is 9.56. The number of ether oxygens (including phenoxy) is 1. The number of hydrazine groups is 1. The highest BCUT2D eigenvalue weighted by Crippen LogP contribution is 2.33. The third-order valence-corrected chi connectivity index (χ3v) is 3.84. The van der Waals surface area contributed by atoms with Crippen LogP contribution in [0.25, 0.3) is 0 Å². The summed E-state index contributed by atoms with van der Waals surface area (Å²) in [6.07, 6.45) is 0. The van der Waals surface area contributed by atoms with Gasteiger partial charge >= 0.3 is 0 Å². The predicted molar refractivity (Wildman–Crippen MR) is 83.4 cm³/mol. The number of hydrogen-bond acceptors (Lipinski definition) is 3. The smallest absolute Gasteiger partial charge is 0.124 e. The summed E-state index contributed by atoms with van der Waals surface area (Å²) in [5, 5.41) is 1.32. The van der Waals surface area contributed by atoms with Crippen molar-refractivity contribution in [3.05, 3.63) is 63.1 Å². The van der Waals surface area contributed by atoms with Crippen molar-refractivity contribution < 1.29 is 4.74 Å². The number of rotatable bonds is 4. The summed E-state index contributed by atoms with van der Waals surface area (Å²) < 4.78 is 5.37. The quantitative estimate of drug-likeness (QED) is 0.666. The maximum Gasteiger partial charge on any atom is 0.124 e. The summed E-state index contributed by atoms with van der Waals surface area (Å²) in [6, 6.07) is 11.0. The molecule has 0 aliphatic heterocycles. The summed E-state index contributed by atoms with van der Waals surface area (Å²) in [5.74, 6) is 6.42. The van der Waals surface area contributed by atoms with Crippen LogP contribution in [-0.4, -0.2) is 7.11 Å². The van der Waals surface area contributed by atoms with E-state index in [2.05, 4.69) is 5.43 Å². The van der Waals surface area contributed by atoms with Gasteiger partial charge < -0.3 is 4.74 Å². The molecule has 3 nitrogen and oxygen atoms in total. The molecule has 0 aliphatic carbocycles. The Labute approximate surface area is 128 Å². The first-order valence-corrected chi connectivity index (χ1v) is 6.88. The second-order valence-corrected chi connectivity index (χ2v) is 5.34. The molecular weight excluding hydrogens is 295 g/mol. The molecule has 2 aromatic rings. The van der Waals surface area contributed by atoms with Gasteiger partial charge in [0, 0.05) is 15.6 Å². The standard InChI is InChI=1S/C15H16Cl2N2O/c1-9-3-4-10(7-13(9)17)15(19-18)12-8-11(16)5-6-14(12)20-2/h3-8,15,19H,18H2,1-2H3. The van der Waals surface area contributed by atoms with Crippen molar-refractivity contribution >= 4 is 23.2 Å². The molecule has 106 valence electrons. The molecule has 0 saturated heterocycles. The van der Waals surface area contributed by atoms with E-state index >= 15 is 0 Å². The van der Waals surface area contributed by atoms with Crippen molar-refractivity contribution in [3.8, 4) is 5.75 Å². The fraction of sp³-hybridized carbons (Fsp3) is 0.200. The molecular formula is C15H16Cl2N2O. The fourth-order valence-electron chi connectivity index (χ4n) is 2.09. The van der Waals surface area contributed by atoms with Gasteiger partial charge in [-0.3, -0.25) is 5.84 Å². The van der Waals surface area contributed by atoms with Gasteiger partial charge in [-0.05, 0) is 42.3 Å². The van der Waals surface area contributed by atoms with Crippen molar-refractivity contribution in [3.63, 3.8) is 0 Å². The monoisotopic (exact) mass is 310 g/mol. The highest BCUT2D eigenvalue weighted by atomic mass is 35.5. The molecule has 1 unspecified atom stereocenters. The van der Waals surface area contributed by atoms with Gasteiger partial charge in [0.2, 0.25) is 0 Å². The molecule has 0 amide bonds. The third kappa shape index (κ3) is 3.07. The Balaban J connectivity index is 2.51. The number of benzene rings is 2. The molecule has 0 bridgehead atoms. The number of halogens is 2. The van der Waals surface area contributed by atoms with Crippen LogP contribution in [0.15, 0.2) is 36.4 Å². The van der Waals surface area contributed by atoms with Crippen molar-refractivity contribution in [2.75, 3.05) is 7.11 Å². The first kappa shape index (κ1) is 15.1. The second kappa shape index (κ2) is 6.46. The molecule has 0 radical (unpaired) electrons. The molecule has 0 aromatic heterocycles. The average Bonchev–Trinajstić information content (AvgIpc) is 2.44.